The third-order valence-corrected chi connectivity index (χ3v) is 15.9. The van der Waals surface area contributed by atoms with Gasteiger partial charge in [-0.1, -0.05) is 32.9 Å². The predicted octanol–water partition coefficient (Wildman–Crippen LogP) is 2.76. The number of hydrogen-bond acceptors (Lipinski definition) is 13. The van der Waals surface area contributed by atoms with Gasteiger partial charge in [-0.2, -0.15) is 0 Å². The van der Waals surface area contributed by atoms with Crippen LogP contribution in [0, 0.1) is 6.92 Å². The first-order valence-electron chi connectivity index (χ1n) is 17.0. The number of ether oxygens (including phenoxy) is 4. The third-order valence-electron chi connectivity index (χ3n) is 9.99. The van der Waals surface area contributed by atoms with Gasteiger partial charge in [-0.05, 0) is 45.3 Å². The average molecular weight is 755 g/mol. The Kier molecular flexibility index (Phi) is 10.3. The molecule has 6 heterocycles. The number of aryl methyl sites for hydroxylation is 1. The van der Waals surface area contributed by atoms with Gasteiger partial charge in [-0.3, -0.25) is 42.3 Å². The van der Waals surface area contributed by atoms with E-state index in [1.807, 2.05) is 0 Å². The molecule has 0 amide bonds. The Labute approximate surface area is 294 Å². The van der Waals surface area contributed by atoms with Gasteiger partial charge in [0.25, 0.3) is 11.1 Å². The van der Waals surface area contributed by atoms with Gasteiger partial charge in [-0.25, -0.2) is 14.2 Å². The van der Waals surface area contributed by atoms with Gasteiger partial charge < -0.3 is 23.4 Å². The molecule has 2 aromatic heterocycles. The van der Waals surface area contributed by atoms with Crippen molar-refractivity contribution >= 4 is 16.1 Å². The molecule has 4 aliphatic heterocycles. The van der Waals surface area contributed by atoms with Crippen molar-refractivity contribution in [3.63, 3.8) is 0 Å². The highest BCUT2D eigenvalue weighted by Crippen LogP contribution is 2.54. The quantitative estimate of drug-likeness (QED) is 0.248. The van der Waals surface area contributed by atoms with Gasteiger partial charge in [0.2, 0.25) is 0 Å². The minimum Gasteiger partial charge on any atom is -0.414 e. The van der Waals surface area contributed by atoms with Crippen molar-refractivity contribution in [1.82, 2.24) is 19.1 Å². The Bertz CT molecular complexity index is 1950. The SMILES string of the molecule is Cc1cn([C@H]2C[C@H](OP3(=O)OC/C=C/Cc4cn(c(=O)[nH]c4=O)[C@@H]4O[C@H](CO3)[C@H]3OC(C)(C)O[C@H]34)[C@@H](CO[Si](C)(C)C(C)(C)C)O2)c(=O)[nH]c1=O. The van der Waals surface area contributed by atoms with E-state index in [1.54, 1.807) is 32.9 Å². The molecule has 0 radical (unpaired) electrons. The van der Waals surface area contributed by atoms with Crippen LogP contribution in [0.3, 0.4) is 0 Å². The molecule has 4 aliphatic rings. The number of rotatable bonds is 6. The number of aromatic amines is 2. The van der Waals surface area contributed by atoms with E-state index in [-0.39, 0.29) is 43.3 Å². The second-order valence-electron chi connectivity index (χ2n) is 15.2. The highest BCUT2D eigenvalue weighted by Gasteiger charge is 2.57. The van der Waals surface area contributed by atoms with Gasteiger partial charge in [0.1, 0.15) is 36.7 Å². The van der Waals surface area contributed by atoms with E-state index in [4.69, 9.17) is 36.9 Å². The summed E-state index contributed by atoms with van der Waals surface area (Å²) in [4.78, 5) is 55.2. The molecular weight excluding hydrogens is 707 g/mol. The second kappa shape index (κ2) is 13.9. The number of aromatic nitrogens is 4. The van der Waals surface area contributed by atoms with Gasteiger partial charge in [0.05, 0.1) is 19.8 Å². The van der Waals surface area contributed by atoms with E-state index in [1.165, 1.54) is 21.5 Å². The summed E-state index contributed by atoms with van der Waals surface area (Å²) in [5, 5.41) is -0.126. The van der Waals surface area contributed by atoms with Crippen LogP contribution in [0.25, 0.3) is 0 Å². The van der Waals surface area contributed by atoms with Crippen molar-refractivity contribution in [2.45, 2.75) is 121 Å². The van der Waals surface area contributed by atoms with Gasteiger partial charge >= 0.3 is 19.2 Å². The van der Waals surface area contributed by atoms with Crippen molar-refractivity contribution in [2.75, 3.05) is 19.8 Å². The molecule has 19 heteroatoms. The smallest absolute Gasteiger partial charge is 0.414 e. The molecule has 1 unspecified atom stereocenters. The maximum atomic E-state index is 14.5. The van der Waals surface area contributed by atoms with Gasteiger partial charge in [-0.15, -0.1) is 0 Å². The first-order chi connectivity index (χ1) is 23.8. The Morgan fingerprint density at radius 3 is 2.37 bits per heavy atom. The monoisotopic (exact) mass is 754 g/mol. The number of phosphoric acid groups is 1. The highest BCUT2D eigenvalue weighted by atomic mass is 31.2. The standard InChI is InChI=1S/C32H47N4O13PSi/c1-18-14-35(29(39)33-26(18)37)23-13-20(21(45-23)17-44-51(7,8)31(2,3)4)49-50(41)42-12-10-9-11-19-15-36(30(40)34-27(19)38)28-25-24(22(46-28)16-43-50)47-32(5,6)48-25/h9-10,14-15,20-25,28H,11-13,16-17H2,1-8H3,(H,33,37,39)(H,34,38,40)/b10-9+/t20-,21+,22+,23+,24+,25+,28+,50?/m0/s1. The van der Waals surface area contributed by atoms with Crippen molar-refractivity contribution in [3.05, 3.63) is 77.3 Å². The largest absolute Gasteiger partial charge is 0.475 e. The molecule has 6 rings (SSSR count). The second-order valence-corrected chi connectivity index (χ2v) is 21.7. The van der Waals surface area contributed by atoms with Crippen LogP contribution >= 0.6 is 7.82 Å². The van der Waals surface area contributed by atoms with E-state index in [9.17, 15) is 23.7 Å². The lowest BCUT2D eigenvalue weighted by atomic mass is 10.1. The summed E-state index contributed by atoms with van der Waals surface area (Å²) in [5.41, 5.74) is -1.84. The molecule has 0 saturated carbocycles. The summed E-state index contributed by atoms with van der Waals surface area (Å²) in [7, 11) is -6.74. The minimum atomic E-state index is -4.44. The molecule has 51 heavy (non-hydrogen) atoms. The normalized spacial score (nSPS) is 33.1. The van der Waals surface area contributed by atoms with Crippen molar-refractivity contribution < 1.29 is 41.5 Å². The van der Waals surface area contributed by atoms with Gasteiger partial charge in [0, 0.05) is 29.9 Å². The molecule has 0 aliphatic carbocycles. The predicted molar refractivity (Wildman–Crippen MR) is 184 cm³/mol. The lowest BCUT2D eigenvalue weighted by Gasteiger charge is -2.37. The minimum absolute atomic E-state index is 0.0433. The number of H-pyrrole nitrogens is 2. The number of nitrogens with zero attached hydrogens (tertiary/aromatic N) is 2. The van der Waals surface area contributed by atoms with Crippen LogP contribution < -0.4 is 22.5 Å². The summed E-state index contributed by atoms with van der Waals surface area (Å²) >= 11 is 0. The zero-order chi connectivity index (χ0) is 37.1. The van der Waals surface area contributed by atoms with Crippen LogP contribution in [-0.2, 0) is 47.9 Å². The Morgan fingerprint density at radius 2 is 1.65 bits per heavy atom. The first-order valence-corrected chi connectivity index (χ1v) is 21.3. The molecule has 2 aromatic rings. The Morgan fingerprint density at radius 1 is 0.961 bits per heavy atom. The molecule has 282 valence electrons. The van der Waals surface area contributed by atoms with Crippen LogP contribution in [-0.4, -0.2) is 83.5 Å². The number of allylic oxidation sites excluding steroid dienone is 1. The fourth-order valence-corrected chi connectivity index (χ4v) is 8.52. The molecule has 3 fully saturated rings. The van der Waals surface area contributed by atoms with Crippen LogP contribution in [0.5, 0.6) is 0 Å². The topological polar surface area (TPSA) is 201 Å². The highest BCUT2D eigenvalue weighted by molar-refractivity contribution is 7.48. The number of fused-ring (bicyclic) bond motifs is 8. The molecule has 0 spiro atoms. The number of hydrogen-bond donors (Lipinski definition) is 2. The number of phosphoric ester groups is 1. The van der Waals surface area contributed by atoms with E-state index in [2.05, 4.69) is 43.8 Å². The molecule has 3 saturated heterocycles. The van der Waals surface area contributed by atoms with E-state index in [0.717, 1.165) is 0 Å². The lowest BCUT2D eigenvalue weighted by molar-refractivity contribution is -0.200. The molecule has 8 atom stereocenters. The van der Waals surface area contributed by atoms with E-state index >= 15 is 0 Å². The Balaban J connectivity index is 1.30. The summed E-state index contributed by atoms with van der Waals surface area (Å²) in [6.07, 6.45) is 0.136. The maximum absolute atomic E-state index is 14.5. The van der Waals surface area contributed by atoms with Crippen LogP contribution in [0.15, 0.2) is 43.7 Å². The zero-order valence-electron chi connectivity index (χ0n) is 30.0. The van der Waals surface area contributed by atoms with E-state index < -0.39 is 87.4 Å². The molecule has 2 N–H and O–H groups in total. The van der Waals surface area contributed by atoms with Crippen LogP contribution in [0.4, 0.5) is 0 Å². The first kappa shape index (κ1) is 38.0. The van der Waals surface area contributed by atoms with Crippen LogP contribution in [0.2, 0.25) is 18.1 Å². The number of nitrogens with one attached hydrogen (secondary N) is 2. The van der Waals surface area contributed by atoms with Crippen molar-refractivity contribution in [1.29, 1.82) is 0 Å². The Hall–Kier alpha value is -2.77. The van der Waals surface area contributed by atoms with Crippen LogP contribution in [0.1, 0.15) is 64.6 Å². The fraction of sp³-hybridized carbons (Fsp3) is 0.688. The molecular formula is C32H47N4O13PSi. The molecule has 0 aromatic carbocycles. The summed E-state index contributed by atoms with van der Waals surface area (Å²) in [6, 6.07) is 0. The van der Waals surface area contributed by atoms with Gasteiger partial charge in [0.15, 0.2) is 20.3 Å². The molecule has 4 bridgehead atoms. The van der Waals surface area contributed by atoms with Crippen molar-refractivity contribution in [3.8, 4) is 0 Å². The van der Waals surface area contributed by atoms with Crippen molar-refractivity contribution in [2.24, 2.45) is 0 Å². The fourth-order valence-electron chi connectivity index (χ4n) is 6.16. The van der Waals surface area contributed by atoms with E-state index in [0.29, 0.717) is 5.56 Å². The third kappa shape index (κ3) is 7.95. The maximum Gasteiger partial charge on any atom is 0.475 e. The lowest BCUT2D eigenvalue weighted by Crippen LogP contribution is -2.44. The average Bonchev–Trinajstić information content (AvgIpc) is 3.67. The zero-order valence-corrected chi connectivity index (χ0v) is 31.9. The summed E-state index contributed by atoms with van der Waals surface area (Å²) < 4.78 is 66.3. The molecule has 17 nitrogen and oxygen atoms in total. The summed E-state index contributed by atoms with van der Waals surface area (Å²) in [6.45, 7) is 15.0. The summed E-state index contributed by atoms with van der Waals surface area (Å²) in [5.74, 6) is -1.04.